The summed E-state index contributed by atoms with van der Waals surface area (Å²) < 4.78 is 0. The van der Waals surface area contributed by atoms with Crippen LogP contribution in [0.15, 0.2) is 0 Å². The van der Waals surface area contributed by atoms with Crippen molar-refractivity contribution in [2.24, 2.45) is 11.3 Å². The normalized spacial score (nSPS) is 20.6. The second-order valence-electron chi connectivity index (χ2n) is 7.61. The average Bonchev–Trinajstić information content (AvgIpc) is 1.99. The van der Waals surface area contributed by atoms with Gasteiger partial charge in [-0.05, 0) is 11.3 Å². The standard InChI is InChI=1S/C14H30Si/c1-14(2,3)12-15(4,5)11-13-9-7-6-8-10-13/h13H,6-12H2,1-5H3. The van der Waals surface area contributed by atoms with E-state index in [4.69, 9.17) is 0 Å². The van der Waals surface area contributed by atoms with E-state index in [1.807, 2.05) is 0 Å². The predicted molar refractivity (Wildman–Crippen MR) is 73.1 cm³/mol. The van der Waals surface area contributed by atoms with Gasteiger partial charge in [-0.2, -0.15) is 0 Å². The van der Waals surface area contributed by atoms with Crippen molar-refractivity contribution in [3.63, 3.8) is 0 Å². The van der Waals surface area contributed by atoms with Crippen molar-refractivity contribution in [1.29, 1.82) is 0 Å². The first kappa shape index (κ1) is 13.3. The maximum Gasteiger partial charge on any atom is 0.0481 e. The van der Waals surface area contributed by atoms with E-state index in [1.165, 1.54) is 38.1 Å². The summed E-state index contributed by atoms with van der Waals surface area (Å²) in [4.78, 5) is 0. The third-order valence-electron chi connectivity index (χ3n) is 3.57. The minimum atomic E-state index is -0.926. The Labute approximate surface area is 97.9 Å². The van der Waals surface area contributed by atoms with E-state index in [1.54, 1.807) is 6.04 Å². The number of hydrogen-bond donors (Lipinski definition) is 0. The maximum absolute atomic E-state index is 2.60. The Morgan fingerprint density at radius 1 is 1.00 bits per heavy atom. The lowest BCUT2D eigenvalue weighted by Crippen LogP contribution is -2.33. The van der Waals surface area contributed by atoms with E-state index in [-0.39, 0.29) is 0 Å². The van der Waals surface area contributed by atoms with Gasteiger partial charge in [0.25, 0.3) is 0 Å². The molecule has 0 aromatic rings. The van der Waals surface area contributed by atoms with Crippen LogP contribution in [0.3, 0.4) is 0 Å². The largest absolute Gasteiger partial charge is 0.0693 e. The van der Waals surface area contributed by atoms with Crippen LogP contribution in [-0.2, 0) is 0 Å². The summed E-state index contributed by atoms with van der Waals surface area (Å²) in [6.45, 7) is 12.4. The van der Waals surface area contributed by atoms with Gasteiger partial charge in [-0.1, -0.05) is 78.1 Å². The van der Waals surface area contributed by atoms with Gasteiger partial charge >= 0.3 is 0 Å². The van der Waals surface area contributed by atoms with E-state index in [0.717, 1.165) is 5.92 Å². The molecule has 1 heteroatoms. The van der Waals surface area contributed by atoms with Crippen LogP contribution in [0, 0.1) is 11.3 Å². The van der Waals surface area contributed by atoms with E-state index in [2.05, 4.69) is 33.9 Å². The highest BCUT2D eigenvalue weighted by Gasteiger charge is 2.30. The summed E-state index contributed by atoms with van der Waals surface area (Å²) in [6.07, 6.45) is 7.56. The molecule has 1 rings (SSSR count). The number of hydrogen-bond acceptors (Lipinski definition) is 0. The van der Waals surface area contributed by atoms with E-state index < -0.39 is 8.07 Å². The van der Waals surface area contributed by atoms with Gasteiger partial charge in [0, 0.05) is 8.07 Å². The quantitative estimate of drug-likeness (QED) is 0.571. The molecule has 1 fully saturated rings. The summed E-state index contributed by atoms with van der Waals surface area (Å²) in [7, 11) is -0.926. The molecule has 0 unspecified atom stereocenters. The van der Waals surface area contributed by atoms with Crippen LogP contribution in [0.2, 0.25) is 25.2 Å². The Hall–Kier alpha value is 0.217. The fourth-order valence-electron chi connectivity index (χ4n) is 3.68. The molecular weight excluding hydrogens is 196 g/mol. The Balaban J connectivity index is 2.40. The highest BCUT2D eigenvalue weighted by atomic mass is 28.3. The molecule has 0 radical (unpaired) electrons. The molecule has 0 nitrogen and oxygen atoms in total. The fraction of sp³-hybridized carbons (Fsp3) is 1.00. The highest BCUT2D eigenvalue weighted by Crippen LogP contribution is 2.36. The van der Waals surface area contributed by atoms with Gasteiger partial charge in [-0.25, -0.2) is 0 Å². The lowest BCUT2D eigenvalue weighted by atomic mass is 9.91. The lowest BCUT2D eigenvalue weighted by Gasteiger charge is -2.35. The number of rotatable bonds is 3. The van der Waals surface area contributed by atoms with Crippen molar-refractivity contribution < 1.29 is 0 Å². The Bertz CT molecular complexity index is 182. The first-order valence-electron chi connectivity index (χ1n) is 6.79. The summed E-state index contributed by atoms with van der Waals surface area (Å²) in [5.74, 6) is 1.09. The third-order valence-corrected chi connectivity index (χ3v) is 7.28. The van der Waals surface area contributed by atoms with Crippen LogP contribution in [0.1, 0.15) is 52.9 Å². The SMILES string of the molecule is CC(C)(C)C[Si](C)(C)CC1CCCCC1. The first-order chi connectivity index (χ1) is 6.79. The lowest BCUT2D eigenvalue weighted by molar-refractivity contribution is 0.378. The van der Waals surface area contributed by atoms with Crippen LogP contribution in [-0.4, -0.2) is 8.07 Å². The van der Waals surface area contributed by atoms with E-state index in [0.29, 0.717) is 5.41 Å². The summed E-state index contributed by atoms with van der Waals surface area (Å²) in [5.41, 5.74) is 0.546. The van der Waals surface area contributed by atoms with E-state index in [9.17, 15) is 0 Å². The van der Waals surface area contributed by atoms with Crippen molar-refractivity contribution in [2.45, 2.75) is 78.1 Å². The molecule has 1 aliphatic rings. The molecule has 0 heterocycles. The summed E-state index contributed by atoms with van der Waals surface area (Å²) in [5, 5.41) is 0. The van der Waals surface area contributed by atoms with Crippen molar-refractivity contribution >= 4 is 8.07 Å². The predicted octanol–water partition coefficient (Wildman–Crippen LogP) is 5.32. The molecule has 90 valence electrons. The van der Waals surface area contributed by atoms with Crippen LogP contribution < -0.4 is 0 Å². The second kappa shape index (κ2) is 5.03. The zero-order valence-electron chi connectivity index (χ0n) is 11.5. The minimum Gasteiger partial charge on any atom is -0.0693 e. The molecule has 1 aliphatic carbocycles. The van der Waals surface area contributed by atoms with Crippen LogP contribution in [0.4, 0.5) is 0 Å². The first-order valence-corrected chi connectivity index (χ1v) is 10.2. The van der Waals surface area contributed by atoms with Gasteiger partial charge in [-0.15, -0.1) is 0 Å². The van der Waals surface area contributed by atoms with Gasteiger partial charge < -0.3 is 0 Å². The molecule has 0 atom stereocenters. The van der Waals surface area contributed by atoms with Gasteiger partial charge in [0.15, 0.2) is 0 Å². The molecule has 0 aromatic carbocycles. The molecule has 1 saturated carbocycles. The summed E-state index contributed by atoms with van der Waals surface area (Å²) in [6, 6.07) is 3.08. The van der Waals surface area contributed by atoms with E-state index >= 15 is 0 Å². The molecule has 0 spiro atoms. The zero-order chi connectivity index (χ0) is 11.5. The molecule has 0 saturated heterocycles. The van der Waals surface area contributed by atoms with Gasteiger partial charge in [0.1, 0.15) is 0 Å². The maximum atomic E-state index is 2.60. The molecule has 0 bridgehead atoms. The molecule has 0 aliphatic heterocycles. The molecule has 0 N–H and O–H groups in total. The zero-order valence-corrected chi connectivity index (χ0v) is 12.5. The molecular formula is C14H30Si. The van der Waals surface area contributed by atoms with Crippen LogP contribution in [0.25, 0.3) is 0 Å². The third kappa shape index (κ3) is 5.75. The Kier molecular flexibility index (Phi) is 4.46. The van der Waals surface area contributed by atoms with Crippen molar-refractivity contribution in [2.75, 3.05) is 0 Å². The average molecular weight is 226 g/mol. The van der Waals surface area contributed by atoms with Gasteiger partial charge in [0.05, 0.1) is 0 Å². The van der Waals surface area contributed by atoms with Gasteiger partial charge in [0.2, 0.25) is 0 Å². The van der Waals surface area contributed by atoms with Crippen LogP contribution >= 0.6 is 0 Å². The Morgan fingerprint density at radius 3 is 2.00 bits per heavy atom. The summed E-state index contributed by atoms with van der Waals surface area (Å²) >= 11 is 0. The monoisotopic (exact) mass is 226 g/mol. The topological polar surface area (TPSA) is 0 Å². The van der Waals surface area contributed by atoms with Crippen molar-refractivity contribution in [3.8, 4) is 0 Å². The molecule has 15 heavy (non-hydrogen) atoms. The van der Waals surface area contributed by atoms with Gasteiger partial charge in [-0.3, -0.25) is 0 Å². The van der Waals surface area contributed by atoms with Crippen molar-refractivity contribution in [1.82, 2.24) is 0 Å². The molecule has 0 amide bonds. The minimum absolute atomic E-state index is 0.546. The Morgan fingerprint density at radius 2 is 1.53 bits per heavy atom. The molecule has 0 aromatic heterocycles. The van der Waals surface area contributed by atoms with Crippen molar-refractivity contribution in [3.05, 3.63) is 0 Å². The van der Waals surface area contributed by atoms with Crippen LogP contribution in [0.5, 0.6) is 0 Å². The smallest absolute Gasteiger partial charge is 0.0481 e. The fourth-order valence-corrected chi connectivity index (χ4v) is 8.67. The second-order valence-corrected chi connectivity index (χ2v) is 12.7. The highest BCUT2D eigenvalue weighted by molar-refractivity contribution is 6.77.